The number of rotatable bonds is 2. The molecule has 0 spiro atoms. The zero-order valence-electron chi connectivity index (χ0n) is 9.72. The molecule has 0 saturated carbocycles. The summed E-state index contributed by atoms with van der Waals surface area (Å²) in [6.07, 6.45) is 1.28. The van der Waals surface area contributed by atoms with Gasteiger partial charge in [0.05, 0.1) is 6.04 Å². The SMILES string of the molecule is CC1Cc2cc(C(N)c3ccsc3)ccc2O1. The fraction of sp³-hybridized carbons (Fsp3) is 0.286. The maximum absolute atomic E-state index is 6.26. The number of nitrogens with two attached hydrogens (primary N) is 1. The Balaban J connectivity index is 1.93. The van der Waals surface area contributed by atoms with Crippen LogP contribution < -0.4 is 10.5 Å². The second-order valence-electron chi connectivity index (χ2n) is 4.53. The summed E-state index contributed by atoms with van der Waals surface area (Å²) in [6, 6.07) is 8.35. The van der Waals surface area contributed by atoms with Gasteiger partial charge in [-0.05, 0) is 46.5 Å². The first-order valence-electron chi connectivity index (χ1n) is 5.81. The minimum atomic E-state index is -0.0255. The van der Waals surface area contributed by atoms with Gasteiger partial charge in [-0.25, -0.2) is 0 Å². The molecule has 17 heavy (non-hydrogen) atoms. The van der Waals surface area contributed by atoms with Crippen molar-refractivity contribution in [2.24, 2.45) is 5.73 Å². The third-order valence-electron chi connectivity index (χ3n) is 3.18. The number of thiophene rings is 1. The Morgan fingerprint density at radius 2 is 2.24 bits per heavy atom. The molecule has 2 atom stereocenters. The van der Waals surface area contributed by atoms with Gasteiger partial charge in [-0.1, -0.05) is 12.1 Å². The highest BCUT2D eigenvalue weighted by atomic mass is 32.1. The fourth-order valence-electron chi connectivity index (χ4n) is 2.28. The maximum Gasteiger partial charge on any atom is 0.123 e. The zero-order valence-corrected chi connectivity index (χ0v) is 10.5. The lowest BCUT2D eigenvalue weighted by Crippen LogP contribution is -2.10. The molecule has 1 aromatic carbocycles. The van der Waals surface area contributed by atoms with E-state index in [0.29, 0.717) is 0 Å². The number of ether oxygens (including phenoxy) is 1. The summed E-state index contributed by atoms with van der Waals surface area (Å²) in [5.41, 5.74) is 9.88. The van der Waals surface area contributed by atoms with E-state index in [1.165, 1.54) is 16.7 Å². The van der Waals surface area contributed by atoms with E-state index in [-0.39, 0.29) is 12.1 Å². The fourth-order valence-corrected chi connectivity index (χ4v) is 2.98. The molecule has 0 fully saturated rings. The van der Waals surface area contributed by atoms with E-state index in [4.69, 9.17) is 10.5 Å². The summed E-state index contributed by atoms with van der Waals surface area (Å²) >= 11 is 1.68. The topological polar surface area (TPSA) is 35.2 Å². The number of hydrogen-bond donors (Lipinski definition) is 1. The Morgan fingerprint density at radius 3 is 3.00 bits per heavy atom. The van der Waals surface area contributed by atoms with E-state index >= 15 is 0 Å². The molecule has 0 aliphatic carbocycles. The van der Waals surface area contributed by atoms with Crippen molar-refractivity contribution in [2.45, 2.75) is 25.5 Å². The Kier molecular flexibility index (Phi) is 2.65. The van der Waals surface area contributed by atoms with E-state index < -0.39 is 0 Å². The average molecular weight is 245 g/mol. The zero-order chi connectivity index (χ0) is 11.8. The van der Waals surface area contributed by atoms with Gasteiger partial charge in [0.2, 0.25) is 0 Å². The van der Waals surface area contributed by atoms with Crippen LogP contribution >= 0.6 is 11.3 Å². The molecule has 3 rings (SSSR count). The van der Waals surface area contributed by atoms with Crippen LogP contribution in [0.15, 0.2) is 35.0 Å². The molecule has 0 radical (unpaired) electrons. The van der Waals surface area contributed by atoms with Gasteiger partial charge >= 0.3 is 0 Å². The van der Waals surface area contributed by atoms with Crippen LogP contribution in [0.3, 0.4) is 0 Å². The first kappa shape index (κ1) is 10.8. The molecular formula is C14H15NOS. The van der Waals surface area contributed by atoms with Crippen LogP contribution in [0.25, 0.3) is 0 Å². The van der Waals surface area contributed by atoms with Crippen LogP contribution in [-0.4, -0.2) is 6.10 Å². The van der Waals surface area contributed by atoms with Crippen molar-refractivity contribution < 1.29 is 4.74 Å². The van der Waals surface area contributed by atoms with Crippen LogP contribution in [0.5, 0.6) is 5.75 Å². The molecule has 0 bridgehead atoms. The molecule has 1 aliphatic rings. The van der Waals surface area contributed by atoms with Crippen molar-refractivity contribution in [3.05, 3.63) is 51.7 Å². The summed E-state index contributed by atoms with van der Waals surface area (Å²) in [5.74, 6) is 1.01. The summed E-state index contributed by atoms with van der Waals surface area (Å²) in [5, 5.41) is 4.17. The summed E-state index contributed by atoms with van der Waals surface area (Å²) in [6.45, 7) is 2.10. The molecule has 88 valence electrons. The number of hydrogen-bond acceptors (Lipinski definition) is 3. The van der Waals surface area contributed by atoms with Crippen molar-refractivity contribution in [1.82, 2.24) is 0 Å². The highest BCUT2D eigenvalue weighted by Gasteiger charge is 2.20. The van der Waals surface area contributed by atoms with Gasteiger partial charge in [-0.15, -0.1) is 0 Å². The Bertz CT molecular complexity index is 521. The van der Waals surface area contributed by atoms with Crippen LogP contribution in [0.2, 0.25) is 0 Å². The van der Waals surface area contributed by atoms with Gasteiger partial charge in [-0.3, -0.25) is 0 Å². The predicted octanol–water partition coefficient (Wildman–Crippen LogP) is 3.12. The quantitative estimate of drug-likeness (QED) is 0.882. The van der Waals surface area contributed by atoms with Crippen molar-refractivity contribution in [1.29, 1.82) is 0 Å². The van der Waals surface area contributed by atoms with E-state index in [1.54, 1.807) is 11.3 Å². The van der Waals surface area contributed by atoms with E-state index in [0.717, 1.165) is 12.2 Å². The van der Waals surface area contributed by atoms with Crippen LogP contribution in [0, 0.1) is 0 Å². The van der Waals surface area contributed by atoms with Crippen molar-refractivity contribution in [3.63, 3.8) is 0 Å². The van der Waals surface area contributed by atoms with Gasteiger partial charge in [0.15, 0.2) is 0 Å². The van der Waals surface area contributed by atoms with Crippen molar-refractivity contribution in [2.75, 3.05) is 0 Å². The standard InChI is InChI=1S/C14H15NOS/c1-9-6-12-7-10(2-3-13(12)16-9)14(15)11-4-5-17-8-11/h2-5,7-9,14H,6,15H2,1H3. The average Bonchev–Trinajstić information content (AvgIpc) is 2.94. The maximum atomic E-state index is 6.26. The first-order valence-corrected chi connectivity index (χ1v) is 6.75. The molecule has 1 aromatic heterocycles. The molecule has 2 aromatic rings. The van der Waals surface area contributed by atoms with Gasteiger partial charge in [0.1, 0.15) is 11.9 Å². The van der Waals surface area contributed by atoms with Crippen LogP contribution in [-0.2, 0) is 6.42 Å². The van der Waals surface area contributed by atoms with Crippen molar-refractivity contribution in [3.8, 4) is 5.75 Å². The molecule has 3 heteroatoms. The monoisotopic (exact) mass is 245 g/mol. The normalized spacial score (nSPS) is 19.8. The Hall–Kier alpha value is -1.32. The number of fused-ring (bicyclic) bond motifs is 1. The predicted molar refractivity (Wildman–Crippen MR) is 70.6 cm³/mol. The van der Waals surface area contributed by atoms with Gasteiger partial charge in [0, 0.05) is 6.42 Å². The largest absolute Gasteiger partial charge is 0.490 e. The summed E-state index contributed by atoms with van der Waals surface area (Å²) in [4.78, 5) is 0. The highest BCUT2D eigenvalue weighted by molar-refractivity contribution is 7.08. The van der Waals surface area contributed by atoms with Gasteiger partial charge in [-0.2, -0.15) is 11.3 Å². The third-order valence-corrected chi connectivity index (χ3v) is 3.88. The Morgan fingerprint density at radius 1 is 1.35 bits per heavy atom. The van der Waals surface area contributed by atoms with Crippen molar-refractivity contribution >= 4 is 11.3 Å². The first-order chi connectivity index (χ1) is 8.24. The molecule has 0 amide bonds. The van der Waals surface area contributed by atoms with E-state index in [1.807, 2.05) is 6.07 Å². The Labute approximate surface area is 105 Å². The highest BCUT2D eigenvalue weighted by Crippen LogP contribution is 2.32. The molecule has 2 nitrogen and oxygen atoms in total. The summed E-state index contributed by atoms with van der Waals surface area (Å²) in [7, 11) is 0. The lowest BCUT2D eigenvalue weighted by atomic mass is 9.99. The van der Waals surface area contributed by atoms with Crippen LogP contribution in [0.1, 0.15) is 29.7 Å². The molecule has 2 heterocycles. The second kappa shape index (κ2) is 4.17. The van der Waals surface area contributed by atoms with E-state index in [9.17, 15) is 0 Å². The minimum Gasteiger partial charge on any atom is -0.490 e. The minimum absolute atomic E-state index is 0.0255. The molecular weight excluding hydrogens is 230 g/mol. The third kappa shape index (κ3) is 1.96. The molecule has 0 saturated heterocycles. The smallest absolute Gasteiger partial charge is 0.123 e. The molecule has 2 N–H and O–H groups in total. The van der Waals surface area contributed by atoms with Gasteiger partial charge < -0.3 is 10.5 Å². The number of benzene rings is 1. The van der Waals surface area contributed by atoms with Gasteiger partial charge in [0.25, 0.3) is 0 Å². The van der Waals surface area contributed by atoms with Crippen LogP contribution in [0.4, 0.5) is 0 Å². The van der Waals surface area contributed by atoms with E-state index in [2.05, 4.69) is 35.9 Å². The summed E-state index contributed by atoms with van der Waals surface area (Å²) < 4.78 is 5.69. The molecule has 1 aliphatic heterocycles. The lowest BCUT2D eigenvalue weighted by molar-refractivity contribution is 0.254. The molecule has 2 unspecified atom stereocenters. The second-order valence-corrected chi connectivity index (χ2v) is 5.31. The lowest BCUT2D eigenvalue weighted by Gasteiger charge is -2.11.